The minimum Gasteiger partial charge on any atom is -0.378 e. The van der Waals surface area contributed by atoms with Crippen molar-refractivity contribution in [3.63, 3.8) is 0 Å². The number of nitrogens with zero attached hydrogens (tertiary/aromatic N) is 1. The van der Waals surface area contributed by atoms with Gasteiger partial charge in [-0.1, -0.05) is 6.92 Å². The maximum Gasteiger partial charge on any atom is 0.255 e. The van der Waals surface area contributed by atoms with Gasteiger partial charge in [-0.3, -0.25) is 4.79 Å². The second-order valence-corrected chi connectivity index (χ2v) is 8.26. The average molecular weight is 373 g/mol. The van der Waals surface area contributed by atoms with Crippen molar-refractivity contribution in [1.82, 2.24) is 9.62 Å². The van der Waals surface area contributed by atoms with Gasteiger partial charge in [-0.05, 0) is 37.8 Å². The fourth-order valence-corrected chi connectivity index (χ4v) is 4.30. The van der Waals surface area contributed by atoms with E-state index in [1.165, 1.54) is 17.8 Å². The first-order chi connectivity index (χ1) is 11.4. The van der Waals surface area contributed by atoms with Gasteiger partial charge in [0.15, 0.2) is 0 Å². The first-order valence-corrected chi connectivity index (χ1v) is 10.7. The van der Waals surface area contributed by atoms with Gasteiger partial charge in [-0.25, -0.2) is 13.1 Å². The Bertz CT molecular complexity index is 685. The molecule has 1 N–H and O–H groups in total. The molecule has 1 heterocycles. The van der Waals surface area contributed by atoms with Gasteiger partial charge in [-0.2, -0.15) is 0 Å². The molecule has 0 saturated carbocycles. The van der Waals surface area contributed by atoms with Crippen LogP contribution >= 0.6 is 11.8 Å². The summed E-state index contributed by atoms with van der Waals surface area (Å²) in [7, 11) is -3.64. The zero-order chi connectivity index (χ0) is 17.7. The number of sulfonamides is 1. The second kappa shape index (κ2) is 8.33. The van der Waals surface area contributed by atoms with Crippen LogP contribution in [0, 0.1) is 0 Å². The summed E-state index contributed by atoms with van der Waals surface area (Å²) in [5, 5.41) is 0. The van der Waals surface area contributed by atoms with Crippen LogP contribution < -0.4 is 4.72 Å². The number of rotatable bonds is 6. The van der Waals surface area contributed by atoms with Crippen LogP contribution in [0.4, 0.5) is 0 Å². The lowest BCUT2D eigenvalue weighted by Gasteiger charge is -2.27. The van der Waals surface area contributed by atoms with E-state index < -0.39 is 10.0 Å². The Hall–Kier alpha value is -1.09. The first-order valence-electron chi connectivity index (χ1n) is 7.96. The van der Waals surface area contributed by atoms with Gasteiger partial charge >= 0.3 is 0 Å². The number of thioether (sulfide) groups is 1. The smallest absolute Gasteiger partial charge is 0.255 e. The van der Waals surface area contributed by atoms with Gasteiger partial charge in [0.2, 0.25) is 10.0 Å². The minimum atomic E-state index is -3.64. The third kappa shape index (κ3) is 4.50. The molecule has 0 spiro atoms. The van der Waals surface area contributed by atoms with Gasteiger partial charge in [0.05, 0.1) is 23.7 Å². The van der Waals surface area contributed by atoms with E-state index in [0.29, 0.717) is 38.3 Å². The molecule has 2 rings (SSSR count). The molecule has 1 aliphatic heterocycles. The summed E-state index contributed by atoms with van der Waals surface area (Å²) in [4.78, 5) is 15.4. The SMILES string of the molecule is CC[C@@H](C)NS(=O)(=O)c1ccc(SC)c(C(=O)N2CCOCC2)c1. The fourth-order valence-electron chi connectivity index (χ4n) is 2.37. The molecule has 1 atom stereocenters. The van der Waals surface area contributed by atoms with E-state index in [0.717, 1.165) is 4.90 Å². The maximum absolute atomic E-state index is 12.8. The van der Waals surface area contributed by atoms with Crippen molar-refractivity contribution in [1.29, 1.82) is 0 Å². The topological polar surface area (TPSA) is 75.7 Å². The van der Waals surface area contributed by atoms with E-state index in [-0.39, 0.29) is 16.8 Å². The summed E-state index contributed by atoms with van der Waals surface area (Å²) in [5.74, 6) is -0.150. The molecule has 8 heteroatoms. The fraction of sp³-hybridized carbons (Fsp3) is 0.562. The minimum absolute atomic E-state index is 0.122. The largest absolute Gasteiger partial charge is 0.378 e. The van der Waals surface area contributed by atoms with E-state index in [1.54, 1.807) is 17.0 Å². The monoisotopic (exact) mass is 372 g/mol. The Labute approximate surface area is 148 Å². The zero-order valence-electron chi connectivity index (χ0n) is 14.2. The first kappa shape index (κ1) is 19.2. The third-order valence-electron chi connectivity index (χ3n) is 3.98. The van der Waals surface area contributed by atoms with E-state index >= 15 is 0 Å². The molecule has 24 heavy (non-hydrogen) atoms. The predicted octanol–water partition coefficient (Wildman–Crippen LogP) is 1.96. The molecule has 0 radical (unpaired) electrons. The van der Waals surface area contributed by atoms with Crippen LogP contribution in [0.5, 0.6) is 0 Å². The van der Waals surface area contributed by atoms with Crippen LogP contribution in [-0.2, 0) is 14.8 Å². The summed E-state index contributed by atoms with van der Waals surface area (Å²) in [5.41, 5.74) is 0.427. The number of morpholine rings is 1. The Morgan fingerprint density at radius 3 is 2.62 bits per heavy atom. The lowest BCUT2D eigenvalue weighted by atomic mass is 10.2. The van der Waals surface area contributed by atoms with Crippen molar-refractivity contribution in [2.45, 2.75) is 36.1 Å². The molecular weight excluding hydrogens is 348 g/mol. The van der Waals surface area contributed by atoms with Crippen LogP contribution in [0.1, 0.15) is 30.6 Å². The van der Waals surface area contributed by atoms with Gasteiger partial charge in [-0.15, -0.1) is 11.8 Å². The lowest BCUT2D eigenvalue weighted by Crippen LogP contribution is -2.41. The number of carbonyl (C=O) groups excluding carboxylic acids is 1. The molecule has 0 aromatic heterocycles. The van der Waals surface area contributed by atoms with Crippen LogP contribution in [0.15, 0.2) is 28.0 Å². The number of benzene rings is 1. The van der Waals surface area contributed by atoms with Gasteiger partial charge < -0.3 is 9.64 Å². The Kier molecular flexibility index (Phi) is 6.68. The number of hydrogen-bond acceptors (Lipinski definition) is 5. The highest BCUT2D eigenvalue weighted by atomic mass is 32.2. The van der Waals surface area contributed by atoms with Crippen molar-refractivity contribution in [3.8, 4) is 0 Å². The van der Waals surface area contributed by atoms with Crippen LogP contribution in [-0.4, -0.2) is 57.8 Å². The molecule has 0 unspecified atom stereocenters. The van der Waals surface area contributed by atoms with E-state index in [4.69, 9.17) is 4.74 Å². The van der Waals surface area contributed by atoms with Crippen molar-refractivity contribution < 1.29 is 17.9 Å². The summed E-state index contributed by atoms with van der Waals surface area (Å²) in [6, 6.07) is 4.57. The molecule has 1 amide bonds. The van der Waals surface area contributed by atoms with Crippen molar-refractivity contribution in [3.05, 3.63) is 23.8 Å². The second-order valence-electron chi connectivity index (χ2n) is 5.70. The average Bonchev–Trinajstić information content (AvgIpc) is 2.60. The maximum atomic E-state index is 12.8. The normalized spacial score (nSPS) is 16.9. The molecule has 1 aromatic rings. The standard InChI is InChI=1S/C16H24N2O4S2/c1-4-12(2)17-24(20,21)13-5-6-15(23-3)14(11-13)16(19)18-7-9-22-10-8-18/h5-6,11-12,17H,4,7-10H2,1-3H3/t12-/m1/s1. The van der Waals surface area contributed by atoms with E-state index in [9.17, 15) is 13.2 Å². The molecule has 0 bridgehead atoms. The van der Waals surface area contributed by atoms with Crippen molar-refractivity contribution >= 4 is 27.7 Å². The Balaban J connectivity index is 2.35. The number of nitrogens with one attached hydrogen (secondary N) is 1. The van der Waals surface area contributed by atoms with E-state index in [2.05, 4.69) is 4.72 Å². The number of hydrogen-bond donors (Lipinski definition) is 1. The van der Waals surface area contributed by atoms with Crippen LogP contribution in [0.25, 0.3) is 0 Å². The number of amides is 1. The Morgan fingerprint density at radius 2 is 2.04 bits per heavy atom. The highest BCUT2D eigenvalue weighted by Gasteiger charge is 2.24. The molecule has 1 saturated heterocycles. The lowest BCUT2D eigenvalue weighted by molar-refractivity contribution is 0.0300. The summed E-state index contributed by atoms with van der Waals surface area (Å²) < 4.78 is 32.9. The summed E-state index contributed by atoms with van der Waals surface area (Å²) in [6.45, 7) is 5.79. The highest BCUT2D eigenvalue weighted by Crippen LogP contribution is 2.25. The number of ether oxygens (including phenoxy) is 1. The molecule has 6 nitrogen and oxygen atoms in total. The van der Waals surface area contributed by atoms with Crippen LogP contribution in [0.3, 0.4) is 0 Å². The van der Waals surface area contributed by atoms with E-state index in [1.807, 2.05) is 20.1 Å². The summed E-state index contributed by atoms with van der Waals surface area (Å²) >= 11 is 1.43. The molecule has 1 aliphatic rings. The quantitative estimate of drug-likeness (QED) is 0.773. The number of carbonyl (C=O) groups is 1. The zero-order valence-corrected chi connectivity index (χ0v) is 15.9. The molecule has 1 aromatic carbocycles. The van der Waals surface area contributed by atoms with Gasteiger partial charge in [0, 0.05) is 24.0 Å². The van der Waals surface area contributed by atoms with Crippen molar-refractivity contribution in [2.24, 2.45) is 0 Å². The van der Waals surface area contributed by atoms with Gasteiger partial charge in [0.25, 0.3) is 5.91 Å². The van der Waals surface area contributed by atoms with Gasteiger partial charge in [0.1, 0.15) is 0 Å². The molecule has 1 fully saturated rings. The van der Waals surface area contributed by atoms with Crippen molar-refractivity contribution in [2.75, 3.05) is 32.6 Å². The predicted molar refractivity (Wildman–Crippen MR) is 95.0 cm³/mol. The molecule has 0 aliphatic carbocycles. The molecular formula is C16H24N2O4S2. The molecule has 134 valence electrons. The summed E-state index contributed by atoms with van der Waals surface area (Å²) in [6.07, 6.45) is 2.57. The van der Waals surface area contributed by atoms with Crippen LogP contribution in [0.2, 0.25) is 0 Å². The third-order valence-corrected chi connectivity index (χ3v) is 6.36. The highest BCUT2D eigenvalue weighted by molar-refractivity contribution is 7.98. The Morgan fingerprint density at radius 1 is 1.38 bits per heavy atom.